The van der Waals surface area contributed by atoms with Crippen LogP contribution in [0.2, 0.25) is 0 Å². The van der Waals surface area contributed by atoms with E-state index in [0.29, 0.717) is 11.4 Å². The van der Waals surface area contributed by atoms with Gasteiger partial charge in [-0.25, -0.2) is 8.78 Å². The Morgan fingerprint density at radius 1 is 1.40 bits per heavy atom. The molecule has 0 atom stereocenters. The standard InChI is InChI=1S/C15H20F2N2O/c1-2-10-3-4-12(9-13(10)18)19-14(20)11-5-7-15(16,17)8-6-11/h3-4,9,11H,2,5-8,18H2,1H3,(H,19,20). The van der Waals surface area contributed by atoms with E-state index in [-0.39, 0.29) is 37.5 Å². The van der Waals surface area contributed by atoms with Gasteiger partial charge in [0, 0.05) is 30.1 Å². The fourth-order valence-corrected chi connectivity index (χ4v) is 2.54. The van der Waals surface area contributed by atoms with Crippen LogP contribution < -0.4 is 11.1 Å². The molecule has 3 nitrogen and oxygen atoms in total. The SMILES string of the molecule is CCc1ccc(NC(=O)C2CCC(F)(F)CC2)cc1N. The van der Waals surface area contributed by atoms with Crippen LogP contribution in [0.1, 0.15) is 38.2 Å². The predicted molar refractivity (Wildman–Crippen MR) is 75.8 cm³/mol. The van der Waals surface area contributed by atoms with Gasteiger partial charge in [0.25, 0.3) is 0 Å². The highest BCUT2D eigenvalue weighted by atomic mass is 19.3. The first-order chi connectivity index (χ1) is 9.41. The number of benzene rings is 1. The number of halogens is 2. The first kappa shape index (κ1) is 14.8. The maximum Gasteiger partial charge on any atom is 0.248 e. The van der Waals surface area contributed by atoms with E-state index in [1.165, 1.54) is 0 Å². The van der Waals surface area contributed by atoms with Crippen molar-refractivity contribution in [2.75, 3.05) is 11.1 Å². The molecule has 0 spiro atoms. The fourth-order valence-electron chi connectivity index (χ4n) is 2.54. The monoisotopic (exact) mass is 282 g/mol. The van der Waals surface area contributed by atoms with Crippen molar-refractivity contribution in [1.29, 1.82) is 0 Å². The summed E-state index contributed by atoms with van der Waals surface area (Å²) < 4.78 is 26.1. The molecule has 0 radical (unpaired) electrons. The number of hydrogen-bond acceptors (Lipinski definition) is 2. The number of nitrogens with one attached hydrogen (secondary N) is 1. The van der Waals surface area contributed by atoms with Gasteiger partial charge in [-0.05, 0) is 37.0 Å². The predicted octanol–water partition coefficient (Wildman–Crippen LogP) is 3.60. The third-order valence-electron chi connectivity index (χ3n) is 3.88. The second-order valence-corrected chi connectivity index (χ2v) is 5.39. The van der Waals surface area contributed by atoms with E-state index >= 15 is 0 Å². The van der Waals surface area contributed by atoms with Gasteiger partial charge in [0.05, 0.1) is 0 Å². The van der Waals surface area contributed by atoms with Crippen molar-refractivity contribution in [2.45, 2.75) is 45.0 Å². The Morgan fingerprint density at radius 3 is 2.60 bits per heavy atom. The lowest BCUT2D eigenvalue weighted by Crippen LogP contribution is -2.31. The minimum absolute atomic E-state index is 0.191. The van der Waals surface area contributed by atoms with Crippen molar-refractivity contribution < 1.29 is 13.6 Å². The van der Waals surface area contributed by atoms with Gasteiger partial charge in [-0.15, -0.1) is 0 Å². The van der Waals surface area contributed by atoms with Gasteiger partial charge < -0.3 is 11.1 Å². The number of carbonyl (C=O) groups excluding carboxylic acids is 1. The molecule has 3 N–H and O–H groups in total. The normalized spacial score (nSPS) is 18.8. The summed E-state index contributed by atoms with van der Waals surface area (Å²) in [6.45, 7) is 2.01. The minimum atomic E-state index is -2.61. The van der Waals surface area contributed by atoms with E-state index in [0.717, 1.165) is 12.0 Å². The van der Waals surface area contributed by atoms with E-state index < -0.39 is 5.92 Å². The number of hydrogen-bond donors (Lipinski definition) is 2. The Labute approximate surface area is 117 Å². The van der Waals surface area contributed by atoms with Gasteiger partial charge in [0.2, 0.25) is 11.8 Å². The van der Waals surface area contributed by atoms with Crippen LogP contribution in [0, 0.1) is 5.92 Å². The highest BCUT2D eigenvalue weighted by Gasteiger charge is 2.37. The summed E-state index contributed by atoms with van der Waals surface area (Å²) in [6, 6.07) is 5.39. The molecule has 0 aliphatic heterocycles. The molecule has 5 heteroatoms. The van der Waals surface area contributed by atoms with Crippen molar-refractivity contribution in [3.05, 3.63) is 23.8 Å². The summed E-state index contributed by atoms with van der Waals surface area (Å²) in [7, 11) is 0. The van der Waals surface area contributed by atoms with Crippen LogP contribution in [-0.2, 0) is 11.2 Å². The maximum absolute atomic E-state index is 13.1. The van der Waals surface area contributed by atoms with Gasteiger partial charge in [-0.1, -0.05) is 13.0 Å². The molecule has 20 heavy (non-hydrogen) atoms. The fraction of sp³-hybridized carbons (Fsp3) is 0.533. The molecule has 1 fully saturated rings. The summed E-state index contributed by atoms with van der Waals surface area (Å²) >= 11 is 0. The molecule has 0 aromatic heterocycles. The Morgan fingerprint density at radius 2 is 2.05 bits per heavy atom. The van der Waals surface area contributed by atoms with E-state index in [1.54, 1.807) is 12.1 Å². The summed E-state index contributed by atoms with van der Waals surface area (Å²) in [6.07, 6.45) is 0.893. The van der Waals surface area contributed by atoms with Crippen LogP contribution in [0.3, 0.4) is 0 Å². The number of carbonyl (C=O) groups is 1. The molecule has 1 saturated carbocycles. The molecule has 2 rings (SSSR count). The molecule has 0 bridgehead atoms. The molecule has 0 heterocycles. The van der Waals surface area contributed by atoms with Crippen LogP contribution in [0.15, 0.2) is 18.2 Å². The summed E-state index contributed by atoms with van der Waals surface area (Å²) in [5.41, 5.74) is 8.17. The van der Waals surface area contributed by atoms with Crippen molar-refractivity contribution >= 4 is 17.3 Å². The Balaban J connectivity index is 1.96. The maximum atomic E-state index is 13.1. The minimum Gasteiger partial charge on any atom is -0.398 e. The average Bonchev–Trinajstić information content (AvgIpc) is 2.38. The van der Waals surface area contributed by atoms with E-state index in [1.807, 2.05) is 13.0 Å². The number of alkyl halides is 2. The summed E-state index contributed by atoms with van der Waals surface area (Å²) in [4.78, 5) is 12.0. The van der Waals surface area contributed by atoms with E-state index in [4.69, 9.17) is 5.73 Å². The van der Waals surface area contributed by atoms with Gasteiger partial charge in [-0.2, -0.15) is 0 Å². The molecule has 1 aromatic carbocycles. The number of aryl methyl sites for hydroxylation is 1. The molecule has 1 aliphatic carbocycles. The second kappa shape index (κ2) is 5.77. The largest absolute Gasteiger partial charge is 0.398 e. The summed E-state index contributed by atoms with van der Waals surface area (Å²) in [5.74, 6) is -3.13. The summed E-state index contributed by atoms with van der Waals surface area (Å²) in [5, 5.41) is 2.77. The lowest BCUT2D eigenvalue weighted by molar-refractivity contribution is -0.124. The van der Waals surface area contributed by atoms with Gasteiger partial charge in [-0.3, -0.25) is 4.79 Å². The lowest BCUT2D eigenvalue weighted by atomic mass is 9.86. The van der Waals surface area contributed by atoms with Crippen molar-refractivity contribution in [2.24, 2.45) is 5.92 Å². The van der Waals surface area contributed by atoms with Gasteiger partial charge in [0.1, 0.15) is 0 Å². The third-order valence-corrected chi connectivity index (χ3v) is 3.88. The topological polar surface area (TPSA) is 55.1 Å². The molecule has 110 valence electrons. The zero-order valence-electron chi connectivity index (χ0n) is 11.6. The molecular weight excluding hydrogens is 262 g/mol. The van der Waals surface area contributed by atoms with Crippen LogP contribution in [-0.4, -0.2) is 11.8 Å². The number of nitrogens with two attached hydrogens (primary N) is 1. The van der Waals surface area contributed by atoms with Crippen molar-refractivity contribution in [3.8, 4) is 0 Å². The van der Waals surface area contributed by atoms with E-state index in [9.17, 15) is 13.6 Å². The molecule has 0 saturated heterocycles. The number of nitrogen functional groups attached to an aromatic ring is 1. The molecule has 1 aliphatic rings. The quantitative estimate of drug-likeness (QED) is 0.832. The number of rotatable bonds is 3. The Hall–Kier alpha value is -1.65. The molecular formula is C15H20F2N2O. The zero-order valence-corrected chi connectivity index (χ0v) is 11.6. The number of anilines is 2. The lowest BCUT2D eigenvalue weighted by Gasteiger charge is -2.27. The van der Waals surface area contributed by atoms with Crippen LogP contribution in [0.25, 0.3) is 0 Å². The first-order valence-electron chi connectivity index (χ1n) is 6.98. The third kappa shape index (κ3) is 3.46. The molecule has 1 amide bonds. The smallest absolute Gasteiger partial charge is 0.248 e. The van der Waals surface area contributed by atoms with Gasteiger partial charge in [0.15, 0.2) is 0 Å². The highest BCUT2D eigenvalue weighted by Crippen LogP contribution is 2.36. The number of amides is 1. The van der Waals surface area contributed by atoms with Gasteiger partial charge >= 0.3 is 0 Å². The Kier molecular flexibility index (Phi) is 4.26. The van der Waals surface area contributed by atoms with Crippen LogP contribution >= 0.6 is 0 Å². The van der Waals surface area contributed by atoms with Crippen LogP contribution in [0.5, 0.6) is 0 Å². The zero-order chi connectivity index (χ0) is 14.8. The Bertz CT molecular complexity index is 493. The molecule has 1 aromatic rings. The average molecular weight is 282 g/mol. The van der Waals surface area contributed by atoms with E-state index in [2.05, 4.69) is 5.32 Å². The second-order valence-electron chi connectivity index (χ2n) is 5.39. The van der Waals surface area contributed by atoms with Crippen molar-refractivity contribution in [1.82, 2.24) is 0 Å². The molecule has 0 unspecified atom stereocenters. The first-order valence-corrected chi connectivity index (χ1v) is 6.98. The highest BCUT2D eigenvalue weighted by molar-refractivity contribution is 5.93. The van der Waals surface area contributed by atoms with Crippen molar-refractivity contribution in [3.63, 3.8) is 0 Å². The van der Waals surface area contributed by atoms with Crippen LogP contribution in [0.4, 0.5) is 20.2 Å².